The quantitative estimate of drug-likeness (QED) is 0.382. The second-order valence-corrected chi connectivity index (χ2v) is 18.1. The lowest BCUT2D eigenvalue weighted by Gasteiger charge is -2.36. The number of ether oxygens (including phenoxy) is 2. The molecular weight excluding hydrogens is 473 g/mol. The van der Waals surface area contributed by atoms with Gasteiger partial charge in [0.2, 0.25) is 0 Å². The van der Waals surface area contributed by atoms with Gasteiger partial charge in [-0.05, 0) is 94.7 Å². The number of carbonyl (C=O) groups is 1. The van der Waals surface area contributed by atoms with Gasteiger partial charge in [-0.2, -0.15) is 0 Å². The molecule has 2 aliphatic heterocycles. The fourth-order valence-corrected chi connectivity index (χ4v) is 5.36. The smallest absolute Gasteiger partial charge is 0.446 e. The summed E-state index contributed by atoms with van der Waals surface area (Å²) in [5, 5.41) is 3.01. The highest BCUT2D eigenvalue weighted by atomic mass is 28.4. The Balaban J connectivity index is 1.49. The summed E-state index contributed by atoms with van der Waals surface area (Å²) in [6.45, 7) is 20.6. The largest absolute Gasteiger partial charge is 0.495 e. The van der Waals surface area contributed by atoms with E-state index in [1.165, 1.54) is 0 Å². The number of amides is 1. The zero-order valence-electron chi connectivity index (χ0n) is 23.6. The molecule has 2 saturated heterocycles. The van der Waals surface area contributed by atoms with Crippen LogP contribution in [-0.4, -0.2) is 51.0 Å². The third-order valence-electron chi connectivity index (χ3n) is 8.96. The van der Waals surface area contributed by atoms with Crippen molar-refractivity contribution in [1.82, 2.24) is 0 Å². The maximum absolute atomic E-state index is 12.7. The van der Waals surface area contributed by atoms with Crippen molar-refractivity contribution in [3.63, 3.8) is 0 Å². The van der Waals surface area contributed by atoms with Crippen LogP contribution < -0.4 is 10.8 Å². The molecule has 0 aromatic heterocycles. The number of epoxide rings is 1. The SMILES string of the molecule is CC1(C)OB(c2ccc(NC(=O)OC3CCC4(CC3)CO4)cc2CO[Si](C)(C)C(C)(C)C)OC1(C)C. The van der Waals surface area contributed by atoms with Crippen LogP contribution in [-0.2, 0) is 29.8 Å². The third kappa shape index (κ3) is 5.85. The highest BCUT2D eigenvalue weighted by Gasteiger charge is 2.52. The van der Waals surface area contributed by atoms with E-state index < -0.39 is 32.7 Å². The van der Waals surface area contributed by atoms with Crippen LogP contribution in [0.5, 0.6) is 0 Å². The summed E-state index contributed by atoms with van der Waals surface area (Å²) in [5.74, 6) is 0. The minimum atomic E-state index is -2.00. The van der Waals surface area contributed by atoms with Crippen molar-refractivity contribution >= 4 is 32.7 Å². The topological polar surface area (TPSA) is 78.6 Å². The Hall–Kier alpha value is -1.39. The molecule has 7 nitrogen and oxygen atoms in total. The maximum atomic E-state index is 12.7. The van der Waals surface area contributed by atoms with Crippen molar-refractivity contribution in [3.8, 4) is 0 Å². The van der Waals surface area contributed by atoms with Crippen LogP contribution in [0.15, 0.2) is 18.2 Å². The third-order valence-corrected chi connectivity index (χ3v) is 13.4. The molecule has 0 radical (unpaired) electrons. The highest BCUT2D eigenvalue weighted by Crippen LogP contribution is 2.42. The summed E-state index contributed by atoms with van der Waals surface area (Å²) in [6, 6.07) is 5.81. The average molecular weight is 518 g/mol. The minimum Gasteiger partial charge on any atom is -0.446 e. The van der Waals surface area contributed by atoms with Crippen molar-refractivity contribution in [2.75, 3.05) is 11.9 Å². The second-order valence-electron chi connectivity index (χ2n) is 13.3. The molecule has 1 aromatic carbocycles. The Labute approximate surface area is 218 Å². The average Bonchev–Trinajstić information content (AvgIpc) is 3.46. The molecule has 9 heteroatoms. The van der Waals surface area contributed by atoms with Gasteiger partial charge in [0.15, 0.2) is 8.32 Å². The monoisotopic (exact) mass is 517 g/mol. The van der Waals surface area contributed by atoms with Crippen LogP contribution in [0.2, 0.25) is 18.1 Å². The first-order valence-corrected chi connectivity index (χ1v) is 16.2. The van der Waals surface area contributed by atoms with E-state index in [4.69, 9.17) is 23.2 Å². The molecule has 200 valence electrons. The predicted molar refractivity (Wildman–Crippen MR) is 145 cm³/mol. The molecule has 1 amide bonds. The van der Waals surface area contributed by atoms with Crippen molar-refractivity contribution in [3.05, 3.63) is 23.8 Å². The van der Waals surface area contributed by atoms with Gasteiger partial charge in [-0.1, -0.05) is 26.8 Å². The molecule has 1 aromatic rings. The fourth-order valence-electron chi connectivity index (χ4n) is 4.41. The lowest BCUT2D eigenvalue weighted by Crippen LogP contribution is -2.42. The van der Waals surface area contributed by atoms with Gasteiger partial charge in [0.1, 0.15) is 6.10 Å². The van der Waals surface area contributed by atoms with Crippen molar-refractivity contribution in [2.45, 2.75) is 122 Å². The molecule has 36 heavy (non-hydrogen) atoms. The molecule has 3 fully saturated rings. The van der Waals surface area contributed by atoms with Crippen molar-refractivity contribution in [1.29, 1.82) is 0 Å². The molecule has 0 atom stereocenters. The van der Waals surface area contributed by atoms with E-state index >= 15 is 0 Å². The first kappa shape index (κ1) is 27.6. The number of rotatable bonds is 6. The number of hydrogen-bond acceptors (Lipinski definition) is 6. The Morgan fingerprint density at radius 1 is 1.11 bits per heavy atom. The molecule has 1 N–H and O–H groups in total. The summed E-state index contributed by atoms with van der Waals surface area (Å²) in [6.07, 6.45) is 3.13. The molecule has 2 heterocycles. The van der Waals surface area contributed by atoms with Gasteiger partial charge in [-0.15, -0.1) is 0 Å². The molecule has 4 rings (SSSR count). The van der Waals surface area contributed by atoms with E-state index in [2.05, 4.69) is 39.2 Å². The Bertz CT molecular complexity index is 959. The van der Waals surface area contributed by atoms with Crippen molar-refractivity contribution < 1.29 is 28.0 Å². The van der Waals surface area contributed by atoms with Crippen molar-refractivity contribution in [2.24, 2.45) is 0 Å². The molecular formula is C27H44BNO6Si. The summed E-state index contributed by atoms with van der Waals surface area (Å²) >= 11 is 0. The maximum Gasteiger partial charge on any atom is 0.495 e. The number of anilines is 1. The number of benzene rings is 1. The van der Waals surface area contributed by atoms with E-state index in [1.807, 2.05) is 45.9 Å². The van der Waals surface area contributed by atoms with Crippen LogP contribution >= 0.6 is 0 Å². The van der Waals surface area contributed by atoms with E-state index in [0.717, 1.165) is 43.3 Å². The summed E-state index contributed by atoms with van der Waals surface area (Å²) in [7, 11) is -2.50. The summed E-state index contributed by atoms with van der Waals surface area (Å²) in [4.78, 5) is 12.7. The first-order valence-electron chi connectivity index (χ1n) is 13.3. The normalized spacial score (nSPS) is 27.2. The van der Waals surface area contributed by atoms with E-state index in [9.17, 15) is 4.79 Å². The Morgan fingerprint density at radius 2 is 1.69 bits per heavy atom. The predicted octanol–water partition coefficient (Wildman–Crippen LogP) is 5.77. The van der Waals surface area contributed by atoms with Crippen LogP contribution in [0.4, 0.5) is 10.5 Å². The molecule has 1 spiro atoms. The van der Waals surface area contributed by atoms with Gasteiger partial charge in [-0.25, -0.2) is 4.79 Å². The first-order chi connectivity index (χ1) is 16.5. The minimum absolute atomic E-state index is 0.0646. The molecule has 0 unspecified atom stereocenters. The van der Waals surface area contributed by atoms with Crippen LogP contribution in [0.3, 0.4) is 0 Å². The summed E-state index contributed by atoms with van der Waals surface area (Å²) < 4.78 is 30.5. The van der Waals surface area contributed by atoms with Gasteiger partial charge in [0, 0.05) is 5.69 Å². The molecule has 0 bridgehead atoms. The summed E-state index contributed by atoms with van der Waals surface area (Å²) in [5.41, 5.74) is 1.74. The Kier molecular flexibility index (Phi) is 7.23. The lowest BCUT2D eigenvalue weighted by molar-refractivity contribution is 0.00578. The van der Waals surface area contributed by atoms with Crippen LogP contribution in [0.1, 0.15) is 79.7 Å². The number of hydrogen-bond donors (Lipinski definition) is 1. The lowest BCUT2D eigenvalue weighted by atomic mass is 9.76. The fraction of sp³-hybridized carbons (Fsp3) is 0.741. The molecule has 3 aliphatic rings. The standard InChI is InChI=1S/C27H44BNO6Si/c1-24(2,3)36(8,9)32-17-19-16-20(10-11-22(19)28-34-25(4,5)26(6,7)35-28)29-23(30)33-21-12-14-27(15-13-21)18-31-27/h10-11,16,21H,12-15,17-18H2,1-9H3,(H,29,30). The molecule has 1 aliphatic carbocycles. The number of nitrogens with one attached hydrogen (secondary N) is 1. The highest BCUT2D eigenvalue weighted by molar-refractivity contribution is 6.74. The van der Waals surface area contributed by atoms with Gasteiger partial charge in [0.25, 0.3) is 0 Å². The van der Waals surface area contributed by atoms with Gasteiger partial charge < -0.3 is 23.2 Å². The number of carbonyl (C=O) groups excluding carboxylic acids is 1. The van der Waals surface area contributed by atoms with Gasteiger partial charge in [0.05, 0.1) is 30.0 Å². The zero-order valence-corrected chi connectivity index (χ0v) is 24.6. The van der Waals surface area contributed by atoms with Gasteiger partial charge >= 0.3 is 13.2 Å². The van der Waals surface area contributed by atoms with Gasteiger partial charge in [-0.3, -0.25) is 5.32 Å². The van der Waals surface area contributed by atoms with Crippen LogP contribution in [0.25, 0.3) is 0 Å². The van der Waals surface area contributed by atoms with E-state index in [0.29, 0.717) is 12.3 Å². The second kappa shape index (κ2) is 9.42. The van der Waals surface area contributed by atoms with E-state index in [-0.39, 0.29) is 16.7 Å². The molecule has 1 saturated carbocycles. The van der Waals surface area contributed by atoms with Crippen LogP contribution in [0, 0.1) is 0 Å². The van der Waals surface area contributed by atoms with E-state index in [1.54, 1.807) is 0 Å². The Morgan fingerprint density at radius 3 is 2.22 bits per heavy atom. The zero-order chi connectivity index (χ0) is 26.6.